The summed E-state index contributed by atoms with van der Waals surface area (Å²) in [5.74, 6) is -0.544. The third kappa shape index (κ3) is 3.17. The third-order valence-electron chi connectivity index (χ3n) is 2.98. The fourth-order valence-corrected chi connectivity index (χ4v) is 2.25. The number of fused-ring (bicyclic) bond motifs is 1. The largest absolute Gasteiger partial charge is 0.417 e. The third-order valence-corrected chi connectivity index (χ3v) is 3.26. The molecule has 22 heavy (non-hydrogen) atoms. The molecule has 0 bridgehead atoms. The zero-order valence-electron chi connectivity index (χ0n) is 11.8. The number of carbonyl (C=O) groups is 1. The van der Waals surface area contributed by atoms with Crippen molar-refractivity contribution < 1.29 is 22.7 Å². The Bertz CT molecular complexity index is 713. The van der Waals surface area contributed by atoms with E-state index in [0.717, 1.165) is 16.7 Å². The van der Waals surface area contributed by atoms with Crippen LogP contribution in [0.15, 0.2) is 12.3 Å². The molecule has 0 aliphatic carbocycles. The van der Waals surface area contributed by atoms with Crippen molar-refractivity contribution in [1.29, 1.82) is 0 Å². The highest BCUT2D eigenvalue weighted by molar-refractivity contribution is 6.33. The van der Waals surface area contributed by atoms with Gasteiger partial charge in [-0.3, -0.25) is 9.20 Å². The van der Waals surface area contributed by atoms with Crippen LogP contribution < -0.4 is 5.32 Å². The number of halogens is 4. The van der Waals surface area contributed by atoms with Crippen molar-refractivity contribution in [2.24, 2.45) is 0 Å². The van der Waals surface area contributed by atoms with Crippen LogP contribution in [0.2, 0.25) is 5.02 Å². The standard InChI is InChI=1S/C13H13ClF3N3O2/c1-7-10(12(21)18-3-4-22-2)20-6-8(13(15,16)17)5-9(14)11(20)19-7/h5-6H,3-4H2,1-2H3,(H,18,21). The average Bonchev–Trinajstić information content (AvgIpc) is 2.75. The predicted octanol–water partition coefficient (Wildman–Crippen LogP) is 2.69. The molecule has 0 aromatic carbocycles. The van der Waals surface area contributed by atoms with Crippen molar-refractivity contribution in [1.82, 2.24) is 14.7 Å². The van der Waals surface area contributed by atoms with E-state index < -0.39 is 17.6 Å². The Kier molecular flexibility index (Phi) is 4.62. The minimum absolute atomic E-state index is 0.0131. The topological polar surface area (TPSA) is 55.6 Å². The van der Waals surface area contributed by atoms with Gasteiger partial charge in [-0.2, -0.15) is 13.2 Å². The fourth-order valence-electron chi connectivity index (χ4n) is 2.00. The van der Waals surface area contributed by atoms with E-state index in [2.05, 4.69) is 10.3 Å². The SMILES string of the molecule is COCCNC(=O)c1c(C)nc2c(Cl)cc(C(F)(F)F)cn12. The highest BCUT2D eigenvalue weighted by atomic mass is 35.5. The molecule has 2 aromatic rings. The molecule has 0 spiro atoms. The molecule has 0 aliphatic rings. The van der Waals surface area contributed by atoms with Gasteiger partial charge >= 0.3 is 6.18 Å². The van der Waals surface area contributed by atoms with E-state index in [-0.39, 0.29) is 35.2 Å². The second kappa shape index (κ2) is 6.13. The summed E-state index contributed by atoms with van der Waals surface area (Å²) in [6.07, 6.45) is -3.76. The summed E-state index contributed by atoms with van der Waals surface area (Å²) in [4.78, 5) is 16.2. The Hall–Kier alpha value is -1.80. The van der Waals surface area contributed by atoms with Crippen LogP contribution in [0, 0.1) is 6.92 Å². The first-order valence-electron chi connectivity index (χ1n) is 6.28. The van der Waals surface area contributed by atoms with Gasteiger partial charge in [-0.05, 0) is 13.0 Å². The first-order chi connectivity index (χ1) is 10.3. The van der Waals surface area contributed by atoms with E-state index in [1.807, 2.05) is 0 Å². The number of amides is 1. The molecule has 2 heterocycles. The molecule has 0 saturated heterocycles. The molecular weight excluding hydrogens is 323 g/mol. The average molecular weight is 336 g/mol. The van der Waals surface area contributed by atoms with Gasteiger partial charge < -0.3 is 10.1 Å². The number of carbonyl (C=O) groups excluding carboxylic acids is 1. The number of hydrogen-bond acceptors (Lipinski definition) is 3. The summed E-state index contributed by atoms with van der Waals surface area (Å²) in [7, 11) is 1.47. The number of hydrogen-bond donors (Lipinski definition) is 1. The maximum absolute atomic E-state index is 12.9. The Morgan fingerprint density at radius 2 is 2.18 bits per heavy atom. The first kappa shape index (κ1) is 16.6. The van der Waals surface area contributed by atoms with Crippen molar-refractivity contribution in [2.75, 3.05) is 20.3 Å². The summed E-state index contributed by atoms with van der Waals surface area (Å²) in [5, 5.41) is 2.38. The number of imidazole rings is 1. The summed E-state index contributed by atoms with van der Waals surface area (Å²) in [6, 6.07) is 0.788. The van der Waals surface area contributed by atoms with Crippen LogP contribution in [-0.4, -0.2) is 35.6 Å². The van der Waals surface area contributed by atoms with Crippen molar-refractivity contribution >= 4 is 23.2 Å². The predicted molar refractivity (Wildman–Crippen MR) is 74.2 cm³/mol. The molecule has 2 rings (SSSR count). The van der Waals surface area contributed by atoms with Crippen LogP contribution in [0.4, 0.5) is 13.2 Å². The number of ether oxygens (including phenoxy) is 1. The molecular formula is C13H13ClF3N3O2. The highest BCUT2D eigenvalue weighted by Gasteiger charge is 2.32. The summed E-state index contributed by atoms with van der Waals surface area (Å²) >= 11 is 5.85. The molecule has 5 nitrogen and oxygen atoms in total. The zero-order valence-corrected chi connectivity index (χ0v) is 12.5. The molecule has 0 saturated carbocycles. The zero-order chi connectivity index (χ0) is 16.5. The number of aryl methyl sites for hydroxylation is 1. The molecule has 9 heteroatoms. The lowest BCUT2D eigenvalue weighted by Crippen LogP contribution is -2.28. The molecule has 0 unspecified atom stereocenters. The monoisotopic (exact) mass is 335 g/mol. The van der Waals surface area contributed by atoms with Crippen LogP contribution in [0.3, 0.4) is 0 Å². The van der Waals surface area contributed by atoms with Crippen molar-refractivity contribution in [3.63, 3.8) is 0 Å². The maximum atomic E-state index is 12.9. The van der Waals surface area contributed by atoms with Gasteiger partial charge in [0.2, 0.25) is 0 Å². The number of rotatable bonds is 4. The van der Waals surface area contributed by atoms with Crippen molar-refractivity contribution in [3.8, 4) is 0 Å². The van der Waals surface area contributed by atoms with E-state index in [0.29, 0.717) is 0 Å². The number of nitrogens with one attached hydrogen (secondary N) is 1. The molecule has 1 amide bonds. The van der Waals surface area contributed by atoms with E-state index in [9.17, 15) is 18.0 Å². The Morgan fingerprint density at radius 1 is 1.50 bits per heavy atom. The van der Waals surface area contributed by atoms with E-state index in [1.54, 1.807) is 0 Å². The summed E-state index contributed by atoms with van der Waals surface area (Å²) in [6.45, 7) is 2.05. The fraction of sp³-hybridized carbons (Fsp3) is 0.385. The quantitative estimate of drug-likeness (QED) is 0.874. The second-order valence-electron chi connectivity index (χ2n) is 4.56. The van der Waals surface area contributed by atoms with Gasteiger partial charge in [0, 0.05) is 19.9 Å². The maximum Gasteiger partial charge on any atom is 0.417 e. The van der Waals surface area contributed by atoms with Gasteiger partial charge in [-0.15, -0.1) is 0 Å². The minimum atomic E-state index is -4.57. The second-order valence-corrected chi connectivity index (χ2v) is 4.97. The number of methoxy groups -OCH3 is 1. The molecule has 120 valence electrons. The molecule has 0 atom stereocenters. The number of pyridine rings is 1. The summed E-state index contributed by atoms with van der Waals surface area (Å²) in [5.41, 5.74) is -0.548. The molecule has 0 radical (unpaired) electrons. The Morgan fingerprint density at radius 3 is 2.77 bits per heavy atom. The molecule has 0 aliphatic heterocycles. The van der Waals surface area contributed by atoms with Crippen LogP contribution in [0.25, 0.3) is 5.65 Å². The van der Waals surface area contributed by atoms with Crippen molar-refractivity contribution in [3.05, 3.63) is 34.2 Å². The summed E-state index contributed by atoms with van der Waals surface area (Å²) < 4.78 is 44.5. The number of alkyl halides is 3. The van der Waals surface area contributed by atoms with Gasteiger partial charge in [-0.1, -0.05) is 11.6 Å². The van der Waals surface area contributed by atoms with E-state index in [1.165, 1.54) is 14.0 Å². The van der Waals surface area contributed by atoms with Gasteiger partial charge in [0.1, 0.15) is 5.69 Å². The lowest BCUT2D eigenvalue weighted by atomic mass is 10.2. The van der Waals surface area contributed by atoms with E-state index >= 15 is 0 Å². The Balaban J connectivity index is 2.52. The molecule has 2 aromatic heterocycles. The van der Waals surface area contributed by atoms with Gasteiger partial charge in [0.25, 0.3) is 5.91 Å². The normalized spacial score (nSPS) is 11.9. The van der Waals surface area contributed by atoms with E-state index in [4.69, 9.17) is 16.3 Å². The van der Waals surface area contributed by atoms with Crippen LogP contribution in [-0.2, 0) is 10.9 Å². The lowest BCUT2D eigenvalue weighted by molar-refractivity contribution is -0.137. The minimum Gasteiger partial charge on any atom is -0.383 e. The van der Waals surface area contributed by atoms with Gasteiger partial charge in [0.15, 0.2) is 5.65 Å². The number of nitrogens with zero attached hydrogens (tertiary/aromatic N) is 2. The van der Waals surface area contributed by atoms with Crippen LogP contribution in [0.1, 0.15) is 21.7 Å². The first-order valence-corrected chi connectivity index (χ1v) is 6.66. The van der Waals surface area contributed by atoms with Gasteiger partial charge in [0.05, 0.1) is 22.9 Å². The van der Waals surface area contributed by atoms with Crippen molar-refractivity contribution in [2.45, 2.75) is 13.1 Å². The van der Waals surface area contributed by atoms with Crippen LogP contribution in [0.5, 0.6) is 0 Å². The smallest absolute Gasteiger partial charge is 0.383 e. The highest BCUT2D eigenvalue weighted by Crippen LogP contribution is 2.33. The van der Waals surface area contributed by atoms with Gasteiger partial charge in [-0.25, -0.2) is 4.98 Å². The Labute approximate surface area is 129 Å². The lowest BCUT2D eigenvalue weighted by Gasteiger charge is -2.10. The molecule has 0 fully saturated rings. The number of aromatic nitrogens is 2. The molecule has 1 N–H and O–H groups in total. The van der Waals surface area contributed by atoms with Crippen LogP contribution >= 0.6 is 11.6 Å².